The summed E-state index contributed by atoms with van der Waals surface area (Å²) in [6, 6.07) is 4.27. The van der Waals surface area contributed by atoms with E-state index in [0.717, 1.165) is 72.6 Å². The van der Waals surface area contributed by atoms with Gasteiger partial charge in [-0.15, -0.1) is 0 Å². The number of likely N-dealkylation sites (tertiary alicyclic amines) is 1. The molecule has 0 saturated carbocycles. The molecule has 0 radical (unpaired) electrons. The summed E-state index contributed by atoms with van der Waals surface area (Å²) in [5.74, 6) is 3.18. The average Bonchev–Trinajstić information content (AvgIpc) is 3.31. The van der Waals surface area contributed by atoms with Gasteiger partial charge in [0.25, 0.3) is 0 Å². The number of nitrogens with zero attached hydrogens (tertiary/aromatic N) is 6. The van der Waals surface area contributed by atoms with E-state index < -0.39 is 0 Å². The van der Waals surface area contributed by atoms with E-state index in [0.29, 0.717) is 0 Å². The van der Waals surface area contributed by atoms with Gasteiger partial charge in [-0.1, -0.05) is 6.92 Å². The summed E-state index contributed by atoms with van der Waals surface area (Å²) in [4.78, 5) is 20.6. The molecule has 0 aliphatic carbocycles. The second kappa shape index (κ2) is 8.02. The topological polar surface area (TPSA) is 95.5 Å². The van der Waals surface area contributed by atoms with E-state index >= 15 is 0 Å². The van der Waals surface area contributed by atoms with Gasteiger partial charge in [-0.05, 0) is 33.2 Å². The molecule has 3 aromatic heterocycles. The van der Waals surface area contributed by atoms with E-state index in [2.05, 4.69) is 42.3 Å². The molecule has 3 aromatic rings. The van der Waals surface area contributed by atoms with Gasteiger partial charge in [-0.3, -0.25) is 10.00 Å². The summed E-state index contributed by atoms with van der Waals surface area (Å²) in [6.45, 7) is 7.85. The number of anilines is 2. The smallest absolute Gasteiger partial charge is 0.153 e. The lowest BCUT2D eigenvalue weighted by atomic mass is 10.1. The number of rotatable bonds is 6. The van der Waals surface area contributed by atoms with Crippen molar-refractivity contribution in [2.24, 2.45) is 0 Å². The molecule has 0 bridgehead atoms. The number of hydrogen-bond acceptors (Lipinski definition) is 7. The highest BCUT2D eigenvalue weighted by Gasteiger charge is 2.28. The number of nitrogens with one attached hydrogen (secondary N) is 2. The minimum atomic E-state index is 0.272. The molecule has 1 saturated heterocycles. The Kier molecular flexibility index (Phi) is 5.29. The van der Waals surface area contributed by atoms with Gasteiger partial charge < -0.3 is 5.32 Å². The fourth-order valence-electron chi connectivity index (χ4n) is 3.67. The molecule has 0 spiro atoms. The second-order valence-corrected chi connectivity index (χ2v) is 7.28. The summed E-state index contributed by atoms with van der Waals surface area (Å²) >= 11 is 0. The van der Waals surface area contributed by atoms with Crippen LogP contribution in [0.5, 0.6) is 0 Å². The molecule has 0 amide bonds. The van der Waals surface area contributed by atoms with Crippen LogP contribution >= 0.6 is 0 Å². The molecule has 1 fully saturated rings. The highest BCUT2D eigenvalue weighted by molar-refractivity contribution is 5.52. The zero-order valence-electron chi connectivity index (χ0n) is 16.6. The largest absolute Gasteiger partial charge is 0.323 e. The molecule has 4 heterocycles. The van der Waals surface area contributed by atoms with Crippen LogP contribution in [0.25, 0.3) is 0 Å². The number of hydrogen-bond donors (Lipinski definition) is 2. The van der Waals surface area contributed by atoms with E-state index in [1.54, 1.807) is 0 Å². The van der Waals surface area contributed by atoms with Crippen molar-refractivity contribution in [3.05, 3.63) is 53.1 Å². The summed E-state index contributed by atoms with van der Waals surface area (Å²) in [5.41, 5.74) is 3.19. The minimum Gasteiger partial charge on any atom is -0.323 e. The maximum Gasteiger partial charge on any atom is 0.153 e. The molecule has 1 aliphatic rings. The van der Waals surface area contributed by atoms with Crippen molar-refractivity contribution in [3.8, 4) is 0 Å². The lowest BCUT2D eigenvalue weighted by molar-refractivity contribution is 0.243. The van der Waals surface area contributed by atoms with Crippen molar-refractivity contribution in [1.82, 2.24) is 35.0 Å². The Hall–Kier alpha value is -2.87. The number of H-pyrrole nitrogens is 1. The van der Waals surface area contributed by atoms with E-state index in [1.165, 1.54) is 0 Å². The third-order valence-corrected chi connectivity index (χ3v) is 4.99. The Labute approximate surface area is 164 Å². The van der Waals surface area contributed by atoms with Crippen LogP contribution in [0, 0.1) is 13.8 Å². The molecular formula is C20H26N8. The van der Waals surface area contributed by atoms with Crippen molar-refractivity contribution in [1.29, 1.82) is 0 Å². The summed E-state index contributed by atoms with van der Waals surface area (Å²) in [6.07, 6.45) is 6.99. The zero-order valence-corrected chi connectivity index (χ0v) is 16.6. The van der Waals surface area contributed by atoms with Crippen molar-refractivity contribution >= 4 is 11.6 Å². The number of aromatic nitrogens is 6. The van der Waals surface area contributed by atoms with Gasteiger partial charge in [-0.2, -0.15) is 5.10 Å². The number of aryl methyl sites for hydroxylation is 3. The Morgan fingerprint density at radius 2 is 1.96 bits per heavy atom. The predicted molar refractivity (Wildman–Crippen MR) is 107 cm³/mol. The molecule has 4 rings (SSSR count). The first kappa shape index (κ1) is 18.5. The van der Waals surface area contributed by atoms with Crippen LogP contribution in [0.4, 0.5) is 11.6 Å². The highest BCUT2D eigenvalue weighted by Crippen LogP contribution is 2.33. The van der Waals surface area contributed by atoms with Crippen LogP contribution in [0.15, 0.2) is 24.5 Å². The monoisotopic (exact) mass is 378 g/mol. The summed E-state index contributed by atoms with van der Waals surface area (Å²) in [5, 5.41) is 10.4. The van der Waals surface area contributed by atoms with Gasteiger partial charge in [0.15, 0.2) is 5.82 Å². The Morgan fingerprint density at radius 3 is 2.68 bits per heavy atom. The highest BCUT2D eigenvalue weighted by atomic mass is 15.2. The molecule has 146 valence electrons. The van der Waals surface area contributed by atoms with Crippen molar-refractivity contribution in [2.45, 2.75) is 52.6 Å². The molecule has 1 aliphatic heterocycles. The molecule has 0 unspecified atom stereocenters. The molecule has 2 N–H and O–H groups in total. The maximum absolute atomic E-state index is 4.73. The second-order valence-electron chi connectivity index (χ2n) is 7.28. The fraction of sp³-hybridized carbons (Fsp3) is 0.450. The van der Waals surface area contributed by atoms with E-state index in [-0.39, 0.29) is 6.04 Å². The SMILES string of the molecule is CCc1ncc(CN2CCC[C@@H]2c2cc(Nc3cc(C)[nH]n3)nc(C)n2)cn1. The number of aromatic amines is 1. The third-order valence-electron chi connectivity index (χ3n) is 4.99. The van der Waals surface area contributed by atoms with Crippen LogP contribution in [-0.2, 0) is 13.0 Å². The van der Waals surface area contributed by atoms with Crippen molar-refractivity contribution in [3.63, 3.8) is 0 Å². The van der Waals surface area contributed by atoms with Gasteiger partial charge in [0, 0.05) is 48.7 Å². The standard InChI is InChI=1S/C20H26N8/c1-4-18-21-10-15(11-22-18)12-28-7-5-6-17(28)16-9-19(24-14(3)23-16)25-20-8-13(2)26-27-20/h8-11,17H,4-7,12H2,1-3H3,(H2,23,24,25,26,27)/t17-/m1/s1. The van der Waals surface area contributed by atoms with Gasteiger partial charge in [-0.25, -0.2) is 19.9 Å². The average molecular weight is 378 g/mol. The lowest BCUT2D eigenvalue weighted by Crippen LogP contribution is -2.24. The van der Waals surface area contributed by atoms with Crippen LogP contribution in [0.2, 0.25) is 0 Å². The van der Waals surface area contributed by atoms with E-state index in [4.69, 9.17) is 4.98 Å². The van der Waals surface area contributed by atoms with E-state index in [9.17, 15) is 0 Å². The lowest BCUT2D eigenvalue weighted by Gasteiger charge is -2.24. The first-order valence-electron chi connectivity index (χ1n) is 9.79. The normalized spacial score (nSPS) is 17.2. The third kappa shape index (κ3) is 4.17. The maximum atomic E-state index is 4.73. The van der Waals surface area contributed by atoms with Gasteiger partial charge >= 0.3 is 0 Å². The predicted octanol–water partition coefficient (Wildman–Crippen LogP) is 3.25. The molecule has 8 nitrogen and oxygen atoms in total. The fourth-order valence-corrected chi connectivity index (χ4v) is 3.67. The first-order valence-corrected chi connectivity index (χ1v) is 9.79. The molecule has 28 heavy (non-hydrogen) atoms. The van der Waals surface area contributed by atoms with Crippen LogP contribution < -0.4 is 5.32 Å². The molecular weight excluding hydrogens is 352 g/mol. The van der Waals surface area contributed by atoms with Crippen molar-refractivity contribution < 1.29 is 0 Å². The Balaban J connectivity index is 1.52. The van der Waals surface area contributed by atoms with Crippen LogP contribution in [0.1, 0.15) is 54.4 Å². The summed E-state index contributed by atoms with van der Waals surface area (Å²) in [7, 11) is 0. The Bertz CT molecular complexity index is 934. The van der Waals surface area contributed by atoms with Crippen LogP contribution in [-0.4, -0.2) is 41.6 Å². The van der Waals surface area contributed by atoms with Gasteiger partial charge in [0.1, 0.15) is 17.5 Å². The molecule has 8 heteroatoms. The van der Waals surface area contributed by atoms with Gasteiger partial charge in [0.05, 0.1) is 11.7 Å². The Morgan fingerprint density at radius 1 is 1.14 bits per heavy atom. The first-order chi connectivity index (χ1) is 13.6. The van der Waals surface area contributed by atoms with Crippen molar-refractivity contribution in [2.75, 3.05) is 11.9 Å². The van der Waals surface area contributed by atoms with E-state index in [1.807, 2.05) is 38.4 Å². The van der Waals surface area contributed by atoms with Gasteiger partial charge in [0.2, 0.25) is 0 Å². The molecule has 0 aromatic carbocycles. The summed E-state index contributed by atoms with van der Waals surface area (Å²) < 4.78 is 0. The zero-order chi connectivity index (χ0) is 19.5. The molecule has 1 atom stereocenters. The minimum absolute atomic E-state index is 0.272. The van der Waals surface area contributed by atoms with Crippen LogP contribution in [0.3, 0.4) is 0 Å². The quantitative estimate of drug-likeness (QED) is 0.680.